The highest BCUT2D eigenvalue weighted by Crippen LogP contribution is 2.36. The predicted molar refractivity (Wildman–Crippen MR) is 106 cm³/mol. The molecule has 0 aliphatic rings. The summed E-state index contributed by atoms with van der Waals surface area (Å²) in [6, 6.07) is 28.8. The summed E-state index contributed by atoms with van der Waals surface area (Å²) >= 11 is 0. The first-order chi connectivity index (χ1) is 13.3. The quantitative estimate of drug-likeness (QED) is 0.542. The third kappa shape index (κ3) is 3.31. The minimum absolute atomic E-state index is 0.0851. The fraction of sp³-hybridized carbons (Fsp3) is 0.0435. The Hall–Kier alpha value is -3.84. The molecule has 2 N–H and O–H groups in total. The molecule has 1 unspecified atom stereocenters. The van der Waals surface area contributed by atoms with Gasteiger partial charge in [-0.25, -0.2) is 4.98 Å². The molecule has 0 aliphatic carbocycles. The van der Waals surface area contributed by atoms with Crippen LogP contribution in [-0.2, 0) is 0 Å². The maximum absolute atomic E-state index is 11.0. The monoisotopic (exact) mass is 351 g/mol. The molecule has 0 spiro atoms. The van der Waals surface area contributed by atoms with Crippen molar-refractivity contribution in [3.8, 4) is 11.8 Å². The van der Waals surface area contributed by atoms with E-state index in [4.69, 9.17) is 5.26 Å². The van der Waals surface area contributed by atoms with Crippen LogP contribution in [-0.4, -0.2) is 10.1 Å². The predicted octanol–water partition coefficient (Wildman–Crippen LogP) is 5.01. The number of nitrogens with one attached hydrogen (secondary N) is 1. The summed E-state index contributed by atoms with van der Waals surface area (Å²) in [4.78, 5) is 4.30. The van der Waals surface area contributed by atoms with Crippen LogP contribution < -0.4 is 5.32 Å². The van der Waals surface area contributed by atoms with Crippen LogP contribution in [0, 0.1) is 11.3 Å². The molecule has 4 nitrogen and oxygen atoms in total. The van der Waals surface area contributed by atoms with Crippen molar-refractivity contribution in [2.24, 2.45) is 0 Å². The van der Waals surface area contributed by atoms with Gasteiger partial charge in [-0.1, -0.05) is 60.7 Å². The minimum Gasteiger partial charge on any atom is -0.505 e. The zero-order valence-corrected chi connectivity index (χ0v) is 14.5. The van der Waals surface area contributed by atoms with E-state index < -0.39 is 0 Å². The van der Waals surface area contributed by atoms with Crippen LogP contribution in [0.1, 0.15) is 22.9 Å². The molecule has 27 heavy (non-hydrogen) atoms. The lowest BCUT2D eigenvalue weighted by atomic mass is 9.96. The normalized spacial score (nSPS) is 11.7. The number of hydrogen-bond donors (Lipinski definition) is 2. The van der Waals surface area contributed by atoms with E-state index in [0.717, 1.165) is 16.6 Å². The van der Waals surface area contributed by atoms with Gasteiger partial charge >= 0.3 is 0 Å². The van der Waals surface area contributed by atoms with Crippen LogP contribution in [0.15, 0.2) is 84.9 Å². The number of phenolic OH excluding ortho intramolecular Hbond substituents is 1. The number of nitriles is 1. The molecule has 0 radical (unpaired) electrons. The number of pyridine rings is 1. The van der Waals surface area contributed by atoms with Gasteiger partial charge in [-0.2, -0.15) is 5.26 Å². The zero-order chi connectivity index (χ0) is 18.6. The number of nitrogens with zero attached hydrogens (tertiary/aromatic N) is 2. The van der Waals surface area contributed by atoms with Gasteiger partial charge in [0.25, 0.3) is 0 Å². The first kappa shape index (κ1) is 16.6. The Labute approximate surface area is 157 Å². The number of para-hydroxylation sites is 1. The molecule has 0 saturated heterocycles. The molecule has 3 aromatic carbocycles. The molecular formula is C23H17N3O. The minimum atomic E-state index is -0.259. The lowest BCUT2D eigenvalue weighted by Gasteiger charge is -2.22. The highest BCUT2D eigenvalue weighted by atomic mass is 16.3. The van der Waals surface area contributed by atoms with E-state index in [1.54, 1.807) is 12.1 Å². The van der Waals surface area contributed by atoms with Crippen molar-refractivity contribution < 1.29 is 5.11 Å². The summed E-state index contributed by atoms with van der Waals surface area (Å²) in [5.74, 6) is 0.0851. The van der Waals surface area contributed by atoms with Gasteiger partial charge in [0.15, 0.2) is 0 Å². The van der Waals surface area contributed by atoms with Crippen molar-refractivity contribution in [3.05, 3.63) is 102 Å². The second kappa shape index (κ2) is 7.19. The Bertz CT molecular complexity index is 1120. The van der Waals surface area contributed by atoms with E-state index in [1.165, 1.54) is 0 Å². The van der Waals surface area contributed by atoms with E-state index >= 15 is 0 Å². The topological polar surface area (TPSA) is 68.9 Å². The molecule has 0 amide bonds. The number of fused-ring (bicyclic) bond motifs is 1. The van der Waals surface area contributed by atoms with Crippen LogP contribution in [0.25, 0.3) is 10.9 Å². The second-order valence-corrected chi connectivity index (χ2v) is 6.24. The third-order valence-electron chi connectivity index (χ3n) is 4.51. The van der Waals surface area contributed by atoms with E-state index in [2.05, 4.69) is 10.3 Å². The summed E-state index contributed by atoms with van der Waals surface area (Å²) in [5, 5.41) is 24.4. The lowest BCUT2D eigenvalue weighted by molar-refractivity contribution is 0.471. The number of aromatic hydroxyl groups is 1. The molecule has 1 aromatic heterocycles. The van der Waals surface area contributed by atoms with E-state index in [0.29, 0.717) is 11.1 Å². The van der Waals surface area contributed by atoms with Gasteiger partial charge in [-0.15, -0.1) is 0 Å². The van der Waals surface area contributed by atoms with Crippen molar-refractivity contribution in [1.82, 2.24) is 4.98 Å². The summed E-state index contributed by atoms with van der Waals surface area (Å²) in [7, 11) is 0. The number of aromatic nitrogens is 1. The van der Waals surface area contributed by atoms with Crippen molar-refractivity contribution in [2.45, 2.75) is 6.04 Å². The Balaban J connectivity index is 1.87. The maximum Gasteiger partial charge on any atom is 0.147 e. The number of rotatable bonds is 4. The van der Waals surface area contributed by atoms with Crippen molar-refractivity contribution in [1.29, 1.82) is 5.26 Å². The standard InChI is InChI=1S/C23H17N3O/c24-15-19-13-11-17-12-14-20(23(27)22(17)26-19)21(16-7-3-1-4-8-16)25-18-9-5-2-6-10-18/h1-14,21,25,27H. The zero-order valence-electron chi connectivity index (χ0n) is 14.5. The van der Waals surface area contributed by atoms with Crippen molar-refractivity contribution in [3.63, 3.8) is 0 Å². The first-order valence-electron chi connectivity index (χ1n) is 8.65. The third-order valence-corrected chi connectivity index (χ3v) is 4.51. The summed E-state index contributed by atoms with van der Waals surface area (Å²) in [5.41, 5.74) is 3.39. The molecule has 4 rings (SSSR count). The van der Waals surface area contributed by atoms with Crippen molar-refractivity contribution >= 4 is 16.6 Å². The van der Waals surface area contributed by atoms with Crippen LogP contribution in [0.2, 0.25) is 0 Å². The molecule has 1 atom stereocenters. The van der Waals surface area contributed by atoms with Crippen LogP contribution >= 0.6 is 0 Å². The Morgan fingerprint density at radius 2 is 1.52 bits per heavy atom. The smallest absolute Gasteiger partial charge is 0.147 e. The maximum atomic E-state index is 11.0. The molecule has 1 heterocycles. The summed E-state index contributed by atoms with van der Waals surface area (Å²) in [6.45, 7) is 0. The fourth-order valence-corrected chi connectivity index (χ4v) is 3.17. The average molecular weight is 351 g/mol. The number of hydrogen-bond acceptors (Lipinski definition) is 4. The SMILES string of the molecule is N#Cc1ccc2ccc(C(Nc3ccccc3)c3ccccc3)c(O)c2n1. The molecular weight excluding hydrogens is 334 g/mol. The number of benzene rings is 3. The first-order valence-corrected chi connectivity index (χ1v) is 8.65. The van der Waals surface area contributed by atoms with Crippen LogP contribution in [0.5, 0.6) is 5.75 Å². The highest BCUT2D eigenvalue weighted by molar-refractivity contribution is 5.86. The second-order valence-electron chi connectivity index (χ2n) is 6.24. The number of anilines is 1. The molecule has 0 bridgehead atoms. The summed E-state index contributed by atoms with van der Waals surface area (Å²) < 4.78 is 0. The lowest BCUT2D eigenvalue weighted by Crippen LogP contribution is -2.12. The molecule has 0 fully saturated rings. The molecule has 0 saturated carbocycles. The van der Waals surface area contributed by atoms with Gasteiger partial charge in [0, 0.05) is 16.6 Å². The van der Waals surface area contributed by atoms with Gasteiger partial charge in [-0.05, 0) is 29.8 Å². The van der Waals surface area contributed by atoms with Gasteiger partial charge in [-0.3, -0.25) is 0 Å². The van der Waals surface area contributed by atoms with Crippen molar-refractivity contribution in [2.75, 3.05) is 5.32 Å². The Kier molecular flexibility index (Phi) is 4.42. The van der Waals surface area contributed by atoms with Gasteiger partial charge in [0.05, 0.1) is 6.04 Å². The molecule has 0 aliphatic heterocycles. The molecule has 130 valence electrons. The Morgan fingerprint density at radius 3 is 2.22 bits per heavy atom. The van der Waals surface area contributed by atoms with Crippen LogP contribution in [0.3, 0.4) is 0 Å². The average Bonchev–Trinajstić information content (AvgIpc) is 2.74. The molecule has 4 heteroatoms. The van der Waals surface area contributed by atoms with E-state index in [-0.39, 0.29) is 17.5 Å². The molecule has 4 aromatic rings. The van der Waals surface area contributed by atoms with E-state index in [9.17, 15) is 5.11 Å². The van der Waals surface area contributed by atoms with Crippen LogP contribution in [0.4, 0.5) is 5.69 Å². The summed E-state index contributed by atoms with van der Waals surface area (Å²) in [6.07, 6.45) is 0. The van der Waals surface area contributed by atoms with Gasteiger partial charge < -0.3 is 10.4 Å². The fourth-order valence-electron chi connectivity index (χ4n) is 3.17. The largest absolute Gasteiger partial charge is 0.505 e. The van der Waals surface area contributed by atoms with E-state index in [1.807, 2.05) is 78.9 Å². The number of phenols is 1. The Morgan fingerprint density at radius 1 is 0.852 bits per heavy atom. The van der Waals surface area contributed by atoms with Gasteiger partial charge in [0.2, 0.25) is 0 Å². The highest BCUT2D eigenvalue weighted by Gasteiger charge is 2.20. The van der Waals surface area contributed by atoms with Gasteiger partial charge in [0.1, 0.15) is 23.0 Å².